The first-order chi connectivity index (χ1) is 13.6. The first kappa shape index (κ1) is 18.9. The third-order valence-corrected chi connectivity index (χ3v) is 6.78. The Balaban J connectivity index is 1.43. The second-order valence-electron chi connectivity index (χ2n) is 6.94. The molecule has 2 heterocycles. The zero-order valence-corrected chi connectivity index (χ0v) is 16.5. The first-order valence-electron chi connectivity index (χ1n) is 9.51. The molecule has 0 spiro atoms. The van der Waals surface area contributed by atoms with Crippen LogP contribution in [0, 0.1) is 0 Å². The second-order valence-corrected chi connectivity index (χ2v) is 8.79. The smallest absolute Gasteiger partial charge is 0.267 e. The van der Waals surface area contributed by atoms with Crippen LogP contribution < -0.4 is 0 Å². The van der Waals surface area contributed by atoms with Gasteiger partial charge in [0.15, 0.2) is 0 Å². The molecule has 3 aromatic rings. The predicted octanol–water partition coefficient (Wildman–Crippen LogP) is 3.27. The number of hydrogen-bond donors (Lipinski definition) is 0. The molecule has 1 aliphatic heterocycles. The van der Waals surface area contributed by atoms with E-state index in [1.165, 1.54) is 9.54 Å². The highest BCUT2D eigenvalue weighted by molar-refractivity contribution is 7.90. The molecule has 1 saturated heterocycles. The van der Waals surface area contributed by atoms with Crippen LogP contribution in [-0.4, -0.2) is 50.1 Å². The van der Waals surface area contributed by atoms with Gasteiger partial charge >= 0.3 is 0 Å². The standard InChI is InChI=1S/C22H24N2O3S/c25-28(26,24-12-1-2-13-24)22-9-7-21(8-10-22)20-5-3-19(4-6-20)11-14-23-15-17-27-18-16-23/h1-10,12-13H,11,14-18H2. The van der Waals surface area contributed by atoms with Crippen molar-refractivity contribution in [2.75, 3.05) is 32.8 Å². The number of ether oxygens (including phenoxy) is 1. The molecule has 0 atom stereocenters. The van der Waals surface area contributed by atoms with Gasteiger partial charge in [-0.1, -0.05) is 36.4 Å². The van der Waals surface area contributed by atoms with Crippen molar-refractivity contribution in [1.29, 1.82) is 0 Å². The van der Waals surface area contributed by atoms with Crippen LogP contribution in [0.3, 0.4) is 0 Å². The van der Waals surface area contributed by atoms with Gasteiger partial charge in [-0.3, -0.25) is 4.90 Å². The van der Waals surface area contributed by atoms with Crippen LogP contribution in [0.15, 0.2) is 78.0 Å². The number of hydrogen-bond acceptors (Lipinski definition) is 4. The average molecular weight is 397 g/mol. The van der Waals surface area contributed by atoms with E-state index in [1.54, 1.807) is 36.7 Å². The maximum atomic E-state index is 12.5. The van der Waals surface area contributed by atoms with E-state index in [1.807, 2.05) is 12.1 Å². The van der Waals surface area contributed by atoms with Crippen LogP contribution in [-0.2, 0) is 21.2 Å². The van der Waals surface area contributed by atoms with Crippen molar-refractivity contribution in [3.63, 3.8) is 0 Å². The number of rotatable bonds is 6. The van der Waals surface area contributed by atoms with Crippen molar-refractivity contribution >= 4 is 10.0 Å². The predicted molar refractivity (Wildman–Crippen MR) is 110 cm³/mol. The van der Waals surface area contributed by atoms with Crippen LogP contribution in [0.25, 0.3) is 11.1 Å². The van der Waals surface area contributed by atoms with Crippen molar-refractivity contribution in [3.8, 4) is 11.1 Å². The summed E-state index contributed by atoms with van der Waals surface area (Å²) < 4.78 is 31.7. The molecule has 2 aromatic carbocycles. The third kappa shape index (κ3) is 4.19. The molecule has 6 heteroatoms. The summed E-state index contributed by atoms with van der Waals surface area (Å²) in [5.74, 6) is 0. The van der Waals surface area contributed by atoms with E-state index in [0.717, 1.165) is 50.4 Å². The maximum Gasteiger partial charge on any atom is 0.267 e. The second kappa shape index (κ2) is 8.31. The van der Waals surface area contributed by atoms with Crippen molar-refractivity contribution in [2.24, 2.45) is 0 Å². The van der Waals surface area contributed by atoms with Gasteiger partial charge in [0.1, 0.15) is 0 Å². The Morgan fingerprint density at radius 1 is 0.821 bits per heavy atom. The highest BCUT2D eigenvalue weighted by atomic mass is 32.2. The number of aromatic nitrogens is 1. The van der Waals surface area contributed by atoms with Gasteiger partial charge in [0.2, 0.25) is 0 Å². The van der Waals surface area contributed by atoms with Crippen molar-refractivity contribution in [1.82, 2.24) is 8.87 Å². The van der Waals surface area contributed by atoms with Gasteiger partial charge in [-0.2, -0.15) is 0 Å². The Labute approximate surface area is 166 Å². The summed E-state index contributed by atoms with van der Waals surface area (Å²) in [5, 5.41) is 0. The lowest BCUT2D eigenvalue weighted by Gasteiger charge is -2.26. The van der Waals surface area contributed by atoms with Crippen molar-refractivity contribution in [2.45, 2.75) is 11.3 Å². The van der Waals surface area contributed by atoms with Gasteiger partial charge in [0, 0.05) is 32.0 Å². The van der Waals surface area contributed by atoms with E-state index in [4.69, 9.17) is 4.74 Å². The number of morpholine rings is 1. The molecule has 1 fully saturated rings. The monoisotopic (exact) mass is 396 g/mol. The molecule has 0 bridgehead atoms. The Morgan fingerprint density at radius 2 is 1.39 bits per heavy atom. The molecule has 0 radical (unpaired) electrons. The van der Waals surface area contributed by atoms with E-state index in [2.05, 4.69) is 29.2 Å². The Morgan fingerprint density at radius 3 is 2.00 bits per heavy atom. The fourth-order valence-corrected chi connectivity index (χ4v) is 4.58. The lowest BCUT2D eigenvalue weighted by Crippen LogP contribution is -2.37. The minimum absolute atomic E-state index is 0.287. The maximum absolute atomic E-state index is 12.5. The molecular formula is C22H24N2O3S. The van der Waals surface area contributed by atoms with Gasteiger partial charge < -0.3 is 4.74 Å². The van der Waals surface area contributed by atoms with Crippen molar-refractivity contribution < 1.29 is 13.2 Å². The SMILES string of the molecule is O=S(=O)(c1ccc(-c2ccc(CCN3CCOCC3)cc2)cc1)n1cccc1. The Kier molecular flexibility index (Phi) is 5.62. The molecule has 0 aliphatic carbocycles. The van der Waals surface area contributed by atoms with Gasteiger partial charge in [-0.05, 0) is 47.4 Å². The summed E-state index contributed by atoms with van der Waals surface area (Å²) in [4.78, 5) is 2.72. The summed E-state index contributed by atoms with van der Waals surface area (Å²) in [6.07, 6.45) is 4.10. The lowest BCUT2D eigenvalue weighted by atomic mass is 10.0. The van der Waals surface area contributed by atoms with Gasteiger partial charge in [0.25, 0.3) is 10.0 Å². The quantitative estimate of drug-likeness (QED) is 0.642. The summed E-state index contributed by atoms with van der Waals surface area (Å²) in [6.45, 7) is 4.73. The Hall–Kier alpha value is -2.41. The van der Waals surface area contributed by atoms with Crippen LogP contribution in [0.2, 0.25) is 0 Å². The lowest BCUT2D eigenvalue weighted by molar-refractivity contribution is 0.0384. The number of nitrogens with zero attached hydrogens (tertiary/aromatic N) is 2. The highest BCUT2D eigenvalue weighted by Gasteiger charge is 2.15. The van der Waals surface area contributed by atoms with Crippen LogP contribution in [0.4, 0.5) is 0 Å². The van der Waals surface area contributed by atoms with Crippen molar-refractivity contribution in [3.05, 3.63) is 78.6 Å². The van der Waals surface area contributed by atoms with E-state index in [0.29, 0.717) is 0 Å². The summed E-state index contributed by atoms with van der Waals surface area (Å²) in [7, 11) is -3.52. The molecule has 5 nitrogen and oxygen atoms in total. The highest BCUT2D eigenvalue weighted by Crippen LogP contribution is 2.23. The largest absolute Gasteiger partial charge is 0.379 e. The van der Waals surface area contributed by atoms with Crippen LogP contribution >= 0.6 is 0 Å². The van der Waals surface area contributed by atoms with Crippen LogP contribution in [0.5, 0.6) is 0 Å². The molecule has 0 amide bonds. The van der Waals surface area contributed by atoms with Gasteiger partial charge in [0.05, 0.1) is 18.1 Å². The Bertz CT molecular complexity index is 989. The zero-order chi connectivity index (χ0) is 19.4. The van der Waals surface area contributed by atoms with Gasteiger partial charge in [-0.15, -0.1) is 0 Å². The summed E-state index contributed by atoms with van der Waals surface area (Å²) in [5.41, 5.74) is 3.40. The number of benzene rings is 2. The fourth-order valence-electron chi connectivity index (χ4n) is 3.40. The molecule has 0 N–H and O–H groups in total. The minimum atomic E-state index is -3.52. The average Bonchev–Trinajstić information content (AvgIpc) is 3.29. The molecule has 4 rings (SSSR count). The van der Waals surface area contributed by atoms with E-state index < -0.39 is 10.0 Å². The van der Waals surface area contributed by atoms with E-state index >= 15 is 0 Å². The normalized spacial score (nSPS) is 15.6. The minimum Gasteiger partial charge on any atom is -0.379 e. The molecule has 0 saturated carbocycles. The van der Waals surface area contributed by atoms with E-state index in [9.17, 15) is 8.42 Å². The van der Waals surface area contributed by atoms with E-state index in [-0.39, 0.29) is 4.90 Å². The topological polar surface area (TPSA) is 51.5 Å². The van der Waals surface area contributed by atoms with Gasteiger partial charge in [-0.25, -0.2) is 12.4 Å². The first-order valence-corrected chi connectivity index (χ1v) is 10.9. The van der Waals surface area contributed by atoms with Crippen LogP contribution in [0.1, 0.15) is 5.56 Å². The fraction of sp³-hybridized carbons (Fsp3) is 0.273. The molecule has 1 aliphatic rings. The molecule has 146 valence electrons. The molecule has 28 heavy (non-hydrogen) atoms. The molecule has 1 aromatic heterocycles. The third-order valence-electron chi connectivity index (χ3n) is 5.11. The molecular weight excluding hydrogens is 372 g/mol. The molecule has 0 unspecified atom stereocenters. The summed E-state index contributed by atoms with van der Waals surface area (Å²) in [6, 6.07) is 19.0. The summed E-state index contributed by atoms with van der Waals surface area (Å²) >= 11 is 0. The zero-order valence-electron chi connectivity index (χ0n) is 15.7.